The highest BCUT2D eigenvalue weighted by atomic mass is 32.1. The highest BCUT2D eigenvalue weighted by molar-refractivity contribution is 7.10. The summed E-state index contributed by atoms with van der Waals surface area (Å²) in [5.74, 6) is -0.334. The molecule has 4 nitrogen and oxygen atoms in total. The molecule has 1 aromatic heterocycles. The monoisotopic (exact) mass is 252 g/mol. The standard InChI is InChI=1S/C12H16N2O2S/c1-3-11(15)13-7-6-12(16)14-9(2)10-5-4-8-17-10/h3-5,8-9H,1,6-7H2,2H3,(H,13,15)(H,14,16). The van der Waals surface area contributed by atoms with Crippen LogP contribution in [-0.4, -0.2) is 18.4 Å². The minimum atomic E-state index is -0.260. The van der Waals surface area contributed by atoms with Crippen LogP contribution < -0.4 is 10.6 Å². The molecular weight excluding hydrogens is 236 g/mol. The summed E-state index contributed by atoms with van der Waals surface area (Å²) in [5, 5.41) is 7.40. The van der Waals surface area contributed by atoms with E-state index in [1.807, 2.05) is 24.4 Å². The lowest BCUT2D eigenvalue weighted by molar-refractivity contribution is -0.121. The molecule has 5 heteroatoms. The van der Waals surface area contributed by atoms with Gasteiger partial charge in [-0.15, -0.1) is 11.3 Å². The second-order valence-electron chi connectivity index (χ2n) is 3.55. The zero-order chi connectivity index (χ0) is 12.7. The van der Waals surface area contributed by atoms with Gasteiger partial charge in [-0.1, -0.05) is 12.6 Å². The Kier molecular flexibility index (Phi) is 5.42. The Balaban J connectivity index is 2.25. The Morgan fingerprint density at radius 2 is 2.35 bits per heavy atom. The summed E-state index contributed by atoms with van der Waals surface area (Å²) >= 11 is 1.61. The number of thiophene rings is 1. The van der Waals surface area contributed by atoms with Gasteiger partial charge in [0.1, 0.15) is 0 Å². The van der Waals surface area contributed by atoms with Crippen molar-refractivity contribution >= 4 is 23.2 Å². The van der Waals surface area contributed by atoms with Crippen LogP contribution in [0.5, 0.6) is 0 Å². The molecule has 1 heterocycles. The van der Waals surface area contributed by atoms with Crippen LogP contribution in [0.3, 0.4) is 0 Å². The molecule has 0 aliphatic carbocycles. The molecule has 17 heavy (non-hydrogen) atoms. The number of carbonyl (C=O) groups excluding carboxylic acids is 2. The fourth-order valence-electron chi connectivity index (χ4n) is 1.29. The van der Waals surface area contributed by atoms with Gasteiger partial charge in [0.15, 0.2) is 0 Å². The highest BCUT2D eigenvalue weighted by Crippen LogP contribution is 2.17. The van der Waals surface area contributed by atoms with E-state index in [1.165, 1.54) is 6.08 Å². The third-order valence-electron chi connectivity index (χ3n) is 2.18. The average molecular weight is 252 g/mol. The highest BCUT2D eigenvalue weighted by Gasteiger charge is 2.09. The van der Waals surface area contributed by atoms with E-state index < -0.39 is 0 Å². The SMILES string of the molecule is C=CC(=O)NCCC(=O)NC(C)c1cccs1. The van der Waals surface area contributed by atoms with Gasteiger partial charge in [0.2, 0.25) is 11.8 Å². The van der Waals surface area contributed by atoms with E-state index >= 15 is 0 Å². The molecule has 0 saturated heterocycles. The van der Waals surface area contributed by atoms with Gasteiger partial charge >= 0.3 is 0 Å². The fourth-order valence-corrected chi connectivity index (χ4v) is 2.03. The van der Waals surface area contributed by atoms with Crippen molar-refractivity contribution in [2.45, 2.75) is 19.4 Å². The van der Waals surface area contributed by atoms with Gasteiger partial charge < -0.3 is 10.6 Å². The minimum absolute atomic E-state index is 0.0117. The molecule has 0 spiro atoms. The summed E-state index contributed by atoms with van der Waals surface area (Å²) in [6.07, 6.45) is 1.46. The molecule has 1 aromatic rings. The van der Waals surface area contributed by atoms with Gasteiger partial charge in [0.25, 0.3) is 0 Å². The second-order valence-corrected chi connectivity index (χ2v) is 4.53. The molecule has 92 valence electrons. The Bertz CT molecular complexity index is 387. The lowest BCUT2D eigenvalue weighted by Gasteiger charge is -2.12. The predicted molar refractivity (Wildman–Crippen MR) is 68.7 cm³/mol. The number of hydrogen-bond acceptors (Lipinski definition) is 3. The second kappa shape index (κ2) is 6.85. The van der Waals surface area contributed by atoms with Crippen molar-refractivity contribution in [1.29, 1.82) is 0 Å². The van der Waals surface area contributed by atoms with Crippen molar-refractivity contribution in [2.24, 2.45) is 0 Å². The zero-order valence-corrected chi connectivity index (χ0v) is 10.5. The smallest absolute Gasteiger partial charge is 0.243 e. The van der Waals surface area contributed by atoms with Crippen LogP contribution in [0.1, 0.15) is 24.3 Å². The maximum atomic E-state index is 11.5. The van der Waals surface area contributed by atoms with E-state index in [-0.39, 0.29) is 24.3 Å². The van der Waals surface area contributed by atoms with E-state index in [9.17, 15) is 9.59 Å². The number of carbonyl (C=O) groups is 2. The molecule has 0 bridgehead atoms. The third kappa shape index (κ3) is 4.82. The largest absolute Gasteiger partial charge is 0.352 e. The molecule has 0 aliphatic rings. The summed E-state index contributed by atoms with van der Waals surface area (Å²) < 4.78 is 0. The van der Waals surface area contributed by atoms with Gasteiger partial charge in [0.05, 0.1) is 6.04 Å². The lowest BCUT2D eigenvalue weighted by atomic mass is 10.2. The summed E-state index contributed by atoms with van der Waals surface area (Å²) in [6, 6.07) is 3.94. The Labute approximate surface area is 105 Å². The molecule has 2 amide bonds. The number of amides is 2. The molecule has 0 radical (unpaired) electrons. The molecule has 0 aromatic carbocycles. The van der Waals surface area contributed by atoms with E-state index in [2.05, 4.69) is 17.2 Å². The van der Waals surface area contributed by atoms with E-state index in [0.717, 1.165) is 4.88 Å². The first kappa shape index (κ1) is 13.4. The molecule has 0 aliphatic heterocycles. The number of hydrogen-bond donors (Lipinski definition) is 2. The fraction of sp³-hybridized carbons (Fsp3) is 0.333. The molecule has 0 saturated carbocycles. The first-order valence-electron chi connectivity index (χ1n) is 5.36. The molecule has 2 N–H and O–H groups in total. The predicted octanol–water partition coefficient (Wildman–Crippen LogP) is 1.62. The average Bonchev–Trinajstić information content (AvgIpc) is 2.82. The first-order valence-corrected chi connectivity index (χ1v) is 6.24. The van der Waals surface area contributed by atoms with Gasteiger partial charge in [-0.3, -0.25) is 9.59 Å². The quantitative estimate of drug-likeness (QED) is 0.756. The van der Waals surface area contributed by atoms with Crippen LogP contribution >= 0.6 is 11.3 Å². The maximum absolute atomic E-state index is 11.5. The van der Waals surface area contributed by atoms with Gasteiger partial charge in [-0.25, -0.2) is 0 Å². The van der Waals surface area contributed by atoms with Crippen molar-refractivity contribution in [3.63, 3.8) is 0 Å². The minimum Gasteiger partial charge on any atom is -0.352 e. The Hall–Kier alpha value is -1.62. The molecule has 1 unspecified atom stereocenters. The van der Waals surface area contributed by atoms with E-state index in [1.54, 1.807) is 11.3 Å². The summed E-state index contributed by atoms with van der Waals surface area (Å²) in [4.78, 5) is 23.5. The van der Waals surface area contributed by atoms with Crippen LogP contribution in [0.2, 0.25) is 0 Å². The molecular formula is C12H16N2O2S. The number of rotatable bonds is 6. The normalized spacial score (nSPS) is 11.6. The molecule has 1 rings (SSSR count). The first-order chi connectivity index (χ1) is 8.13. The summed E-state index contributed by atoms with van der Waals surface area (Å²) in [7, 11) is 0. The zero-order valence-electron chi connectivity index (χ0n) is 9.73. The lowest BCUT2D eigenvalue weighted by Crippen LogP contribution is -2.31. The van der Waals surface area contributed by atoms with E-state index in [4.69, 9.17) is 0 Å². The van der Waals surface area contributed by atoms with Gasteiger partial charge in [-0.2, -0.15) is 0 Å². The van der Waals surface area contributed by atoms with E-state index in [0.29, 0.717) is 6.54 Å². The van der Waals surface area contributed by atoms with Crippen LogP contribution in [-0.2, 0) is 9.59 Å². The van der Waals surface area contributed by atoms with Crippen LogP contribution in [0.15, 0.2) is 30.2 Å². The van der Waals surface area contributed by atoms with Crippen LogP contribution in [0, 0.1) is 0 Å². The number of nitrogens with one attached hydrogen (secondary N) is 2. The van der Waals surface area contributed by atoms with Crippen LogP contribution in [0.4, 0.5) is 0 Å². The third-order valence-corrected chi connectivity index (χ3v) is 3.24. The topological polar surface area (TPSA) is 58.2 Å². The van der Waals surface area contributed by atoms with Crippen molar-refractivity contribution < 1.29 is 9.59 Å². The Morgan fingerprint density at radius 1 is 1.59 bits per heavy atom. The molecule has 1 atom stereocenters. The molecule has 0 fully saturated rings. The van der Waals surface area contributed by atoms with Gasteiger partial charge in [0, 0.05) is 17.8 Å². The van der Waals surface area contributed by atoms with Crippen LogP contribution in [0.25, 0.3) is 0 Å². The summed E-state index contributed by atoms with van der Waals surface area (Å²) in [6.45, 7) is 5.59. The summed E-state index contributed by atoms with van der Waals surface area (Å²) in [5.41, 5.74) is 0. The van der Waals surface area contributed by atoms with Crippen molar-refractivity contribution in [3.8, 4) is 0 Å². The van der Waals surface area contributed by atoms with Gasteiger partial charge in [-0.05, 0) is 24.4 Å². The van der Waals surface area contributed by atoms with Crippen molar-refractivity contribution in [3.05, 3.63) is 35.0 Å². The Morgan fingerprint density at radius 3 is 2.94 bits per heavy atom. The van der Waals surface area contributed by atoms with Crippen molar-refractivity contribution in [2.75, 3.05) is 6.54 Å². The van der Waals surface area contributed by atoms with Crippen molar-refractivity contribution in [1.82, 2.24) is 10.6 Å². The maximum Gasteiger partial charge on any atom is 0.243 e.